The number of pyridine rings is 1. The molecule has 5 nitrogen and oxygen atoms in total. The fourth-order valence-corrected chi connectivity index (χ4v) is 2.95. The van der Waals surface area contributed by atoms with Gasteiger partial charge in [0.1, 0.15) is 0 Å². The average Bonchev–Trinajstić information content (AvgIpc) is 2.67. The van der Waals surface area contributed by atoms with E-state index in [0.717, 1.165) is 17.5 Å². The standard InChI is InChI=1S/C21H22N4O/c1-4-19(18-8-7-14(2)10-15(18)3)25-21(26)17-12-23-20(24-13-17)16-6-5-9-22-11-16/h5-13,19H,4H2,1-3H3,(H,25,26). The third kappa shape index (κ3) is 3.94. The number of hydrogen-bond acceptors (Lipinski definition) is 4. The van der Waals surface area contributed by atoms with Gasteiger partial charge in [0.25, 0.3) is 5.91 Å². The van der Waals surface area contributed by atoms with E-state index in [-0.39, 0.29) is 11.9 Å². The number of aryl methyl sites for hydroxylation is 2. The zero-order chi connectivity index (χ0) is 18.5. The van der Waals surface area contributed by atoms with Crippen LogP contribution in [0.25, 0.3) is 11.4 Å². The molecule has 0 spiro atoms. The van der Waals surface area contributed by atoms with Gasteiger partial charge in [-0.15, -0.1) is 0 Å². The third-order valence-electron chi connectivity index (χ3n) is 4.35. The van der Waals surface area contributed by atoms with Crippen molar-refractivity contribution in [1.29, 1.82) is 0 Å². The molecule has 1 amide bonds. The molecule has 0 aliphatic rings. The van der Waals surface area contributed by atoms with Crippen LogP contribution in [0.5, 0.6) is 0 Å². The Morgan fingerprint density at radius 3 is 2.50 bits per heavy atom. The van der Waals surface area contributed by atoms with Gasteiger partial charge in [0.05, 0.1) is 11.6 Å². The molecule has 0 radical (unpaired) electrons. The Morgan fingerprint density at radius 1 is 1.12 bits per heavy atom. The summed E-state index contributed by atoms with van der Waals surface area (Å²) in [6.07, 6.45) is 7.31. The minimum Gasteiger partial charge on any atom is -0.345 e. The summed E-state index contributed by atoms with van der Waals surface area (Å²) in [5.41, 5.74) is 4.80. The van der Waals surface area contributed by atoms with E-state index in [1.807, 2.05) is 12.1 Å². The number of amides is 1. The topological polar surface area (TPSA) is 67.8 Å². The summed E-state index contributed by atoms with van der Waals surface area (Å²) in [5.74, 6) is 0.380. The first-order valence-corrected chi connectivity index (χ1v) is 8.69. The van der Waals surface area contributed by atoms with E-state index in [0.29, 0.717) is 11.4 Å². The molecular weight excluding hydrogens is 324 g/mol. The molecule has 2 aromatic heterocycles. The van der Waals surface area contributed by atoms with Crippen molar-refractivity contribution in [2.24, 2.45) is 0 Å². The maximum atomic E-state index is 12.6. The molecule has 1 aromatic carbocycles. The van der Waals surface area contributed by atoms with Crippen LogP contribution in [0.3, 0.4) is 0 Å². The molecule has 5 heteroatoms. The van der Waals surface area contributed by atoms with Crippen LogP contribution in [0, 0.1) is 13.8 Å². The first-order chi connectivity index (χ1) is 12.6. The van der Waals surface area contributed by atoms with Gasteiger partial charge < -0.3 is 5.32 Å². The van der Waals surface area contributed by atoms with Crippen LogP contribution in [-0.2, 0) is 0 Å². The Bertz CT molecular complexity index is 892. The summed E-state index contributed by atoms with van der Waals surface area (Å²) in [6.45, 7) is 6.20. The van der Waals surface area contributed by atoms with Crippen LogP contribution in [-0.4, -0.2) is 20.9 Å². The van der Waals surface area contributed by atoms with Gasteiger partial charge >= 0.3 is 0 Å². The van der Waals surface area contributed by atoms with E-state index in [4.69, 9.17) is 0 Å². The van der Waals surface area contributed by atoms with Crippen molar-refractivity contribution in [3.05, 3.63) is 77.4 Å². The Kier molecular flexibility index (Phi) is 5.37. The number of rotatable bonds is 5. The van der Waals surface area contributed by atoms with Gasteiger partial charge in [0.15, 0.2) is 5.82 Å². The third-order valence-corrected chi connectivity index (χ3v) is 4.35. The molecule has 3 aromatic rings. The largest absolute Gasteiger partial charge is 0.345 e. The quantitative estimate of drug-likeness (QED) is 0.757. The van der Waals surface area contributed by atoms with Gasteiger partial charge in [-0.2, -0.15) is 0 Å². The second kappa shape index (κ2) is 7.87. The summed E-state index contributed by atoms with van der Waals surface area (Å²) in [6, 6.07) is 9.96. The van der Waals surface area contributed by atoms with E-state index in [9.17, 15) is 4.79 Å². The number of carbonyl (C=O) groups is 1. The van der Waals surface area contributed by atoms with E-state index in [1.54, 1.807) is 24.8 Å². The molecule has 3 rings (SSSR count). The maximum absolute atomic E-state index is 12.6. The normalized spacial score (nSPS) is 11.8. The Hall–Kier alpha value is -3.08. The second-order valence-electron chi connectivity index (χ2n) is 6.33. The smallest absolute Gasteiger partial charge is 0.254 e. The number of carbonyl (C=O) groups excluding carboxylic acids is 1. The molecule has 0 aliphatic heterocycles. The molecule has 0 fully saturated rings. The van der Waals surface area contributed by atoms with Gasteiger partial charge in [-0.25, -0.2) is 9.97 Å². The van der Waals surface area contributed by atoms with Crippen molar-refractivity contribution >= 4 is 5.91 Å². The lowest BCUT2D eigenvalue weighted by atomic mass is 9.97. The monoisotopic (exact) mass is 346 g/mol. The molecule has 1 unspecified atom stereocenters. The summed E-state index contributed by atoms with van der Waals surface area (Å²) >= 11 is 0. The minimum atomic E-state index is -0.172. The van der Waals surface area contributed by atoms with Crippen molar-refractivity contribution in [1.82, 2.24) is 20.3 Å². The molecule has 132 valence electrons. The summed E-state index contributed by atoms with van der Waals surface area (Å²) < 4.78 is 0. The molecule has 1 N–H and O–H groups in total. The number of nitrogens with one attached hydrogen (secondary N) is 1. The Labute approximate surface area is 153 Å². The lowest BCUT2D eigenvalue weighted by Gasteiger charge is -2.20. The predicted molar refractivity (Wildman–Crippen MR) is 102 cm³/mol. The lowest BCUT2D eigenvalue weighted by Crippen LogP contribution is -2.28. The highest BCUT2D eigenvalue weighted by Crippen LogP contribution is 2.22. The average molecular weight is 346 g/mol. The number of benzene rings is 1. The molecule has 0 saturated carbocycles. The van der Waals surface area contributed by atoms with Crippen molar-refractivity contribution in [2.75, 3.05) is 0 Å². The Balaban J connectivity index is 1.76. The highest BCUT2D eigenvalue weighted by atomic mass is 16.1. The highest BCUT2D eigenvalue weighted by molar-refractivity contribution is 5.94. The summed E-state index contributed by atoms with van der Waals surface area (Å²) in [5, 5.41) is 3.09. The van der Waals surface area contributed by atoms with Crippen molar-refractivity contribution in [2.45, 2.75) is 33.2 Å². The second-order valence-corrected chi connectivity index (χ2v) is 6.33. The first-order valence-electron chi connectivity index (χ1n) is 8.69. The van der Waals surface area contributed by atoms with Crippen molar-refractivity contribution in [3.63, 3.8) is 0 Å². The first kappa shape index (κ1) is 17.7. The van der Waals surface area contributed by atoms with Gasteiger partial charge in [-0.05, 0) is 43.5 Å². The number of nitrogens with zero attached hydrogens (tertiary/aromatic N) is 3. The van der Waals surface area contributed by atoms with Crippen LogP contribution < -0.4 is 5.32 Å². The van der Waals surface area contributed by atoms with Crippen LogP contribution in [0.4, 0.5) is 0 Å². The summed E-state index contributed by atoms with van der Waals surface area (Å²) in [7, 11) is 0. The minimum absolute atomic E-state index is 0.0406. The van der Waals surface area contributed by atoms with Crippen LogP contribution in [0.1, 0.15) is 46.4 Å². The Morgan fingerprint density at radius 2 is 1.88 bits per heavy atom. The maximum Gasteiger partial charge on any atom is 0.254 e. The van der Waals surface area contributed by atoms with Crippen LogP contribution in [0.15, 0.2) is 55.1 Å². The lowest BCUT2D eigenvalue weighted by molar-refractivity contribution is 0.0935. The highest BCUT2D eigenvalue weighted by Gasteiger charge is 2.16. The molecular formula is C21H22N4O. The van der Waals surface area contributed by atoms with E-state index >= 15 is 0 Å². The molecule has 0 aliphatic carbocycles. The molecule has 1 atom stereocenters. The fraction of sp³-hybridized carbons (Fsp3) is 0.238. The van der Waals surface area contributed by atoms with Gasteiger partial charge in [-0.3, -0.25) is 9.78 Å². The molecule has 2 heterocycles. The molecule has 0 bridgehead atoms. The van der Waals surface area contributed by atoms with Crippen LogP contribution >= 0.6 is 0 Å². The molecule has 0 saturated heterocycles. The SMILES string of the molecule is CCC(NC(=O)c1cnc(-c2cccnc2)nc1)c1ccc(C)cc1C. The van der Waals surface area contributed by atoms with E-state index in [1.165, 1.54) is 11.1 Å². The van der Waals surface area contributed by atoms with E-state index in [2.05, 4.69) is 59.2 Å². The van der Waals surface area contributed by atoms with Crippen LogP contribution in [0.2, 0.25) is 0 Å². The number of hydrogen-bond donors (Lipinski definition) is 1. The predicted octanol–water partition coefficient (Wildman–Crippen LogP) is 4.04. The fourth-order valence-electron chi connectivity index (χ4n) is 2.95. The van der Waals surface area contributed by atoms with Gasteiger partial charge in [-0.1, -0.05) is 30.7 Å². The van der Waals surface area contributed by atoms with E-state index < -0.39 is 0 Å². The summed E-state index contributed by atoms with van der Waals surface area (Å²) in [4.78, 5) is 25.3. The zero-order valence-corrected chi connectivity index (χ0v) is 15.2. The molecule has 26 heavy (non-hydrogen) atoms. The van der Waals surface area contributed by atoms with Gasteiger partial charge in [0, 0.05) is 30.4 Å². The number of aromatic nitrogens is 3. The van der Waals surface area contributed by atoms with Crippen molar-refractivity contribution in [3.8, 4) is 11.4 Å². The zero-order valence-electron chi connectivity index (χ0n) is 15.2. The van der Waals surface area contributed by atoms with Crippen molar-refractivity contribution < 1.29 is 4.79 Å². The van der Waals surface area contributed by atoms with Gasteiger partial charge in [0.2, 0.25) is 0 Å².